The molecule has 1 saturated heterocycles. The van der Waals surface area contributed by atoms with Crippen LogP contribution in [0.15, 0.2) is 48.8 Å². The number of nitrogens with one attached hydrogen (secondary N) is 1. The van der Waals surface area contributed by atoms with Crippen LogP contribution in [0.3, 0.4) is 0 Å². The van der Waals surface area contributed by atoms with Crippen molar-refractivity contribution in [3.05, 3.63) is 65.2 Å². The number of aromatic nitrogens is 3. The predicted molar refractivity (Wildman–Crippen MR) is 162 cm³/mol. The van der Waals surface area contributed by atoms with Crippen LogP contribution in [0.25, 0.3) is 11.3 Å². The Morgan fingerprint density at radius 2 is 1.95 bits per heavy atom. The van der Waals surface area contributed by atoms with E-state index in [-0.39, 0.29) is 17.7 Å². The van der Waals surface area contributed by atoms with E-state index < -0.39 is 12.0 Å². The number of benzene rings is 1. The highest BCUT2D eigenvalue weighted by Gasteiger charge is 2.31. The first kappa shape index (κ1) is 29.7. The van der Waals surface area contributed by atoms with E-state index in [0.29, 0.717) is 53.7 Å². The zero-order valence-electron chi connectivity index (χ0n) is 23.7. The Bertz CT molecular complexity index is 1400. The number of carbonyl (C=O) groups excluding carboxylic acids is 1. The van der Waals surface area contributed by atoms with Crippen LogP contribution in [0.1, 0.15) is 50.0 Å². The fourth-order valence-corrected chi connectivity index (χ4v) is 6.00. The van der Waals surface area contributed by atoms with E-state index in [1.54, 1.807) is 12.3 Å². The molecule has 42 heavy (non-hydrogen) atoms. The number of primary amides is 1. The number of nitrogens with two attached hydrogens (primary N) is 2. The Kier molecular flexibility index (Phi) is 9.51. The molecule has 222 valence electrons. The van der Waals surface area contributed by atoms with Crippen molar-refractivity contribution in [3.63, 3.8) is 0 Å². The predicted octanol–water partition coefficient (Wildman–Crippen LogP) is 4.86. The number of amides is 1. The molecule has 2 fully saturated rings. The Hall–Kier alpha value is -3.80. The Balaban J connectivity index is 1.59. The van der Waals surface area contributed by atoms with Gasteiger partial charge in [0.2, 0.25) is 5.82 Å². The summed E-state index contributed by atoms with van der Waals surface area (Å²) in [5.74, 6) is 0.570. The average molecular weight is 593 g/mol. The molecule has 5 N–H and O–H groups in total. The third kappa shape index (κ3) is 7.15. The number of ether oxygens (including phenoxy) is 2. The van der Waals surface area contributed by atoms with Gasteiger partial charge in [-0.05, 0) is 36.3 Å². The van der Waals surface area contributed by atoms with Crippen molar-refractivity contribution in [2.24, 2.45) is 17.6 Å². The largest absolute Gasteiger partial charge is 0.411 e. The van der Waals surface area contributed by atoms with Gasteiger partial charge in [-0.1, -0.05) is 61.7 Å². The third-order valence-corrected chi connectivity index (χ3v) is 8.21. The van der Waals surface area contributed by atoms with Crippen molar-refractivity contribution >= 4 is 35.1 Å². The smallest absolute Gasteiger partial charge is 0.388 e. The van der Waals surface area contributed by atoms with Gasteiger partial charge in [-0.25, -0.2) is 14.8 Å². The summed E-state index contributed by atoms with van der Waals surface area (Å²) in [6, 6.07) is 12.1. The fourth-order valence-electron chi connectivity index (χ4n) is 5.83. The molecule has 2 aromatic heterocycles. The van der Waals surface area contributed by atoms with E-state index >= 15 is 0 Å². The van der Waals surface area contributed by atoms with Gasteiger partial charge in [0.05, 0.1) is 30.9 Å². The van der Waals surface area contributed by atoms with Gasteiger partial charge in [0.1, 0.15) is 11.4 Å². The van der Waals surface area contributed by atoms with E-state index in [4.69, 9.17) is 38.0 Å². The quantitative estimate of drug-likeness (QED) is 0.245. The van der Waals surface area contributed by atoms with E-state index in [9.17, 15) is 4.79 Å². The first-order valence-electron chi connectivity index (χ1n) is 14.2. The molecule has 3 heterocycles. The zero-order valence-corrected chi connectivity index (χ0v) is 24.5. The number of nitrogens with zero attached hydrogens (tertiary/aromatic N) is 5. The Labute approximate surface area is 250 Å². The molecule has 2 aliphatic rings. The van der Waals surface area contributed by atoms with Crippen molar-refractivity contribution in [1.82, 2.24) is 19.9 Å². The van der Waals surface area contributed by atoms with Crippen LogP contribution in [0.5, 0.6) is 0 Å². The van der Waals surface area contributed by atoms with Gasteiger partial charge in [-0.15, -0.1) is 0 Å². The lowest BCUT2D eigenvalue weighted by molar-refractivity contribution is -0.00869. The number of rotatable bonds is 8. The summed E-state index contributed by atoms with van der Waals surface area (Å²) < 4.78 is 10.7. The number of nitrogen functional groups attached to an aromatic ring is 1. The lowest BCUT2D eigenvalue weighted by Crippen LogP contribution is -2.48. The summed E-state index contributed by atoms with van der Waals surface area (Å²) in [6.45, 7) is 5.55. The highest BCUT2D eigenvalue weighted by molar-refractivity contribution is 6.30. The molecule has 12 heteroatoms. The number of hydrogen-bond acceptors (Lipinski definition) is 10. The summed E-state index contributed by atoms with van der Waals surface area (Å²) >= 11 is 6.35. The number of anilines is 2. The molecule has 11 nitrogen and oxygen atoms in total. The second kappa shape index (κ2) is 13.5. The van der Waals surface area contributed by atoms with E-state index in [0.717, 1.165) is 25.9 Å². The van der Waals surface area contributed by atoms with Crippen molar-refractivity contribution in [1.29, 1.82) is 5.41 Å². The highest BCUT2D eigenvalue weighted by atomic mass is 35.5. The molecule has 0 bridgehead atoms. The van der Waals surface area contributed by atoms with Crippen LogP contribution < -0.4 is 16.4 Å². The standard InChI is InChI=1S/C30H37ClN8O3/c1-19-7-9-20(10-8-19)16-39(18-38-11-12-41-17-24(38)21-5-3-2-4-6-21)26-25(22-13-23(31)15-35-14-22)36-29(37-27(26)32)28(33)42-30(34)40/h2-6,13-15,19-20,24,33H,7-12,16-18H2,1H3,(H2,34,40)(H2,32,36,37)/t19?,20?,24-/m0/s1. The summed E-state index contributed by atoms with van der Waals surface area (Å²) in [5, 5.41) is 8.63. The summed E-state index contributed by atoms with van der Waals surface area (Å²) in [7, 11) is 0. The Morgan fingerprint density at radius 3 is 2.67 bits per heavy atom. The molecular weight excluding hydrogens is 556 g/mol. The molecule has 1 atom stereocenters. The first-order valence-corrected chi connectivity index (χ1v) is 14.6. The summed E-state index contributed by atoms with van der Waals surface area (Å²) in [6.07, 6.45) is 6.64. The van der Waals surface area contributed by atoms with E-state index in [1.807, 2.05) is 18.2 Å². The van der Waals surface area contributed by atoms with Crippen molar-refractivity contribution in [3.8, 4) is 11.3 Å². The van der Waals surface area contributed by atoms with Gasteiger partial charge in [0.25, 0.3) is 5.90 Å². The zero-order chi connectivity index (χ0) is 29.6. The number of hydrogen-bond donors (Lipinski definition) is 3. The molecule has 1 saturated carbocycles. The van der Waals surface area contributed by atoms with Gasteiger partial charge in [0.15, 0.2) is 5.82 Å². The molecule has 0 radical (unpaired) electrons. The van der Waals surface area contributed by atoms with Crippen LogP contribution in [0, 0.1) is 17.2 Å². The van der Waals surface area contributed by atoms with Gasteiger partial charge >= 0.3 is 6.09 Å². The van der Waals surface area contributed by atoms with E-state index in [1.165, 1.54) is 24.6 Å². The number of carbonyl (C=O) groups is 1. The van der Waals surface area contributed by atoms with Crippen molar-refractivity contribution in [2.45, 2.75) is 38.6 Å². The number of pyridine rings is 1. The minimum Gasteiger partial charge on any atom is -0.388 e. The Morgan fingerprint density at radius 1 is 1.19 bits per heavy atom. The van der Waals surface area contributed by atoms with Crippen molar-refractivity contribution in [2.75, 3.05) is 43.6 Å². The molecule has 1 aliphatic heterocycles. The van der Waals surface area contributed by atoms with Crippen LogP contribution in [0.4, 0.5) is 16.3 Å². The number of halogens is 1. The molecular formula is C30H37ClN8O3. The maximum Gasteiger partial charge on any atom is 0.411 e. The number of morpholine rings is 1. The molecule has 1 aromatic carbocycles. The van der Waals surface area contributed by atoms with Crippen LogP contribution in [-0.2, 0) is 9.47 Å². The lowest BCUT2D eigenvalue weighted by Gasteiger charge is -2.42. The van der Waals surface area contributed by atoms with Gasteiger partial charge < -0.3 is 25.8 Å². The van der Waals surface area contributed by atoms with Gasteiger partial charge in [0, 0.05) is 31.0 Å². The molecule has 3 aromatic rings. The first-order chi connectivity index (χ1) is 20.3. The second-order valence-corrected chi connectivity index (χ2v) is 11.5. The van der Waals surface area contributed by atoms with Crippen LogP contribution in [0.2, 0.25) is 5.02 Å². The molecule has 1 aliphatic carbocycles. The highest BCUT2D eigenvalue weighted by Crippen LogP contribution is 2.38. The molecule has 0 unspecified atom stereocenters. The summed E-state index contributed by atoms with van der Waals surface area (Å²) in [5.41, 5.74) is 14.7. The van der Waals surface area contributed by atoms with Gasteiger partial charge in [-0.2, -0.15) is 0 Å². The maximum atomic E-state index is 11.4. The van der Waals surface area contributed by atoms with Crippen LogP contribution >= 0.6 is 11.6 Å². The normalized spacial score (nSPS) is 21.0. The third-order valence-electron chi connectivity index (χ3n) is 8.00. The topological polar surface area (TPSA) is 157 Å². The van der Waals surface area contributed by atoms with Crippen molar-refractivity contribution < 1.29 is 14.3 Å². The summed E-state index contributed by atoms with van der Waals surface area (Å²) in [4.78, 5) is 29.4. The SMILES string of the molecule is CC1CCC(CN(CN2CCOC[C@H]2c2ccccc2)c2c(N)nc(C(=N)OC(N)=O)nc2-c2cncc(Cl)c2)CC1. The lowest BCUT2D eigenvalue weighted by atomic mass is 9.83. The van der Waals surface area contributed by atoms with Gasteiger partial charge in [-0.3, -0.25) is 15.3 Å². The fraction of sp³-hybridized carbons (Fsp3) is 0.433. The minimum absolute atomic E-state index is 0.0590. The maximum absolute atomic E-state index is 11.4. The monoisotopic (exact) mass is 592 g/mol. The molecule has 1 amide bonds. The molecule has 0 spiro atoms. The van der Waals surface area contributed by atoms with Crippen LogP contribution in [-0.4, -0.2) is 64.8 Å². The second-order valence-electron chi connectivity index (χ2n) is 11.1. The molecule has 5 rings (SSSR count). The average Bonchev–Trinajstić information content (AvgIpc) is 2.98. The minimum atomic E-state index is -1.13. The van der Waals surface area contributed by atoms with E-state index in [2.05, 4.69) is 43.8 Å².